The smallest absolute Gasteiger partial charge is 0.315 e. The molecule has 4 aliphatic carbocycles. The number of hydrogen-bond donors (Lipinski definition) is 2. The highest BCUT2D eigenvalue weighted by Crippen LogP contribution is 2.53. The maximum absolute atomic E-state index is 12.8. The summed E-state index contributed by atoms with van der Waals surface area (Å²) in [5.74, 6) is 4.01. The summed E-state index contributed by atoms with van der Waals surface area (Å²) in [5, 5.41) is 6.66. The minimum atomic E-state index is 0.0664. The molecular weight excluding hydrogens is 338 g/mol. The predicted octanol–water partition coefficient (Wildman–Crippen LogP) is 3.25. The van der Waals surface area contributed by atoms with Crippen LogP contribution in [0.15, 0.2) is 0 Å². The van der Waals surface area contributed by atoms with Crippen molar-refractivity contribution in [3.63, 3.8) is 0 Å². The van der Waals surface area contributed by atoms with Crippen LogP contribution in [0, 0.1) is 29.6 Å². The zero-order chi connectivity index (χ0) is 18.8. The Kier molecular flexibility index (Phi) is 6.28. The maximum Gasteiger partial charge on any atom is 0.315 e. The maximum atomic E-state index is 12.8. The zero-order valence-corrected chi connectivity index (χ0v) is 17.3. The number of nitrogens with zero attached hydrogens (tertiary/aromatic N) is 1. The molecule has 27 heavy (non-hydrogen) atoms. The van der Waals surface area contributed by atoms with E-state index in [9.17, 15) is 4.79 Å². The summed E-state index contributed by atoms with van der Waals surface area (Å²) in [4.78, 5) is 15.3. The van der Waals surface area contributed by atoms with Gasteiger partial charge in [-0.25, -0.2) is 4.79 Å². The van der Waals surface area contributed by atoms with Gasteiger partial charge in [0.15, 0.2) is 0 Å². The van der Waals surface area contributed by atoms with Crippen molar-refractivity contribution in [2.45, 2.75) is 70.9 Å². The van der Waals surface area contributed by atoms with Gasteiger partial charge in [-0.2, -0.15) is 0 Å². The summed E-state index contributed by atoms with van der Waals surface area (Å²) >= 11 is 0. The van der Waals surface area contributed by atoms with Crippen molar-refractivity contribution in [1.82, 2.24) is 15.5 Å². The highest BCUT2D eigenvalue weighted by atomic mass is 16.5. The van der Waals surface area contributed by atoms with Crippen molar-refractivity contribution in [2.75, 3.05) is 32.8 Å². The molecule has 5 nitrogen and oxygen atoms in total. The standard InChI is InChI=1S/C22H39N3O2/c1-3-17(4-2)20(25-5-7-27-8-6-25)14-23-22(26)24-21-18-10-15-9-16(12-18)13-19(21)11-15/h15-21H,3-14H2,1-2H3,(H2,23,24,26). The molecule has 0 aromatic rings. The number of amides is 2. The van der Waals surface area contributed by atoms with Crippen LogP contribution < -0.4 is 10.6 Å². The van der Waals surface area contributed by atoms with E-state index >= 15 is 0 Å². The molecule has 1 heterocycles. The summed E-state index contributed by atoms with van der Waals surface area (Å²) in [5.41, 5.74) is 0. The minimum Gasteiger partial charge on any atom is -0.379 e. The largest absolute Gasteiger partial charge is 0.379 e. The van der Waals surface area contributed by atoms with Crippen LogP contribution in [-0.4, -0.2) is 55.9 Å². The van der Waals surface area contributed by atoms with Crippen molar-refractivity contribution in [2.24, 2.45) is 29.6 Å². The molecule has 1 unspecified atom stereocenters. The van der Waals surface area contributed by atoms with Gasteiger partial charge in [-0.05, 0) is 61.7 Å². The molecule has 154 valence electrons. The first-order valence-electron chi connectivity index (χ1n) is 11.5. The van der Waals surface area contributed by atoms with Gasteiger partial charge in [0, 0.05) is 31.7 Å². The van der Waals surface area contributed by atoms with Crippen molar-refractivity contribution >= 4 is 6.03 Å². The molecule has 4 saturated carbocycles. The first-order valence-corrected chi connectivity index (χ1v) is 11.5. The second kappa shape index (κ2) is 8.69. The van der Waals surface area contributed by atoms with Crippen LogP contribution in [-0.2, 0) is 4.74 Å². The number of carbonyl (C=O) groups excluding carboxylic acids is 1. The lowest BCUT2D eigenvalue weighted by Gasteiger charge is -2.54. The van der Waals surface area contributed by atoms with Crippen molar-refractivity contribution < 1.29 is 9.53 Å². The summed E-state index contributed by atoms with van der Waals surface area (Å²) < 4.78 is 5.54. The lowest BCUT2D eigenvalue weighted by atomic mass is 9.54. The second-order valence-corrected chi connectivity index (χ2v) is 9.60. The molecule has 5 rings (SSSR count). The Morgan fingerprint density at radius 1 is 1.00 bits per heavy atom. The summed E-state index contributed by atoms with van der Waals surface area (Å²) in [7, 11) is 0. The second-order valence-electron chi connectivity index (χ2n) is 9.60. The van der Waals surface area contributed by atoms with Gasteiger partial charge in [0.1, 0.15) is 0 Å². The van der Waals surface area contributed by atoms with Crippen molar-refractivity contribution in [3.8, 4) is 0 Å². The third-order valence-electron chi connectivity index (χ3n) is 8.10. The van der Waals surface area contributed by atoms with Gasteiger partial charge >= 0.3 is 6.03 Å². The fourth-order valence-electron chi connectivity index (χ4n) is 6.90. The lowest BCUT2D eigenvalue weighted by Crippen LogP contribution is -2.59. The highest BCUT2D eigenvalue weighted by Gasteiger charge is 2.48. The van der Waals surface area contributed by atoms with E-state index < -0.39 is 0 Å². The highest BCUT2D eigenvalue weighted by molar-refractivity contribution is 5.74. The molecule has 2 N–H and O–H groups in total. The molecule has 1 aliphatic heterocycles. The van der Waals surface area contributed by atoms with Gasteiger partial charge in [-0.1, -0.05) is 26.7 Å². The van der Waals surface area contributed by atoms with Crippen LogP contribution >= 0.6 is 0 Å². The third-order valence-corrected chi connectivity index (χ3v) is 8.10. The van der Waals surface area contributed by atoms with E-state index in [0.717, 1.165) is 69.4 Å². The minimum absolute atomic E-state index is 0.0664. The topological polar surface area (TPSA) is 53.6 Å². The number of morpholine rings is 1. The van der Waals surface area contributed by atoms with E-state index in [1.54, 1.807) is 0 Å². The number of hydrogen-bond acceptors (Lipinski definition) is 3. The molecule has 1 atom stereocenters. The number of urea groups is 1. The molecular formula is C22H39N3O2. The van der Waals surface area contributed by atoms with E-state index in [1.165, 1.54) is 32.1 Å². The number of nitrogens with one attached hydrogen (secondary N) is 2. The van der Waals surface area contributed by atoms with E-state index in [0.29, 0.717) is 18.0 Å². The number of rotatable bonds is 7. The molecule has 0 radical (unpaired) electrons. The Hall–Kier alpha value is -0.810. The molecule has 5 aliphatic rings. The van der Waals surface area contributed by atoms with E-state index in [4.69, 9.17) is 4.74 Å². The van der Waals surface area contributed by atoms with Crippen LogP contribution in [0.4, 0.5) is 4.79 Å². The molecule has 2 amide bonds. The van der Waals surface area contributed by atoms with Gasteiger partial charge < -0.3 is 15.4 Å². The quantitative estimate of drug-likeness (QED) is 0.716. The van der Waals surface area contributed by atoms with Crippen molar-refractivity contribution in [3.05, 3.63) is 0 Å². The molecule has 5 heteroatoms. The monoisotopic (exact) mass is 377 g/mol. The Balaban J connectivity index is 1.31. The number of carbonyl (C=O) groups is 1. The molecule has 4 bridgehead atoms. The summed E-state index contributed by atoms with van der Waals surface area (Å²) in [6.45, 7) is 8.91. The fourth-order valence-corrected chi connectivity index (χ4v) is 6.90. The van der Waals surface area contributed by atoms with Crippen LogP contribution in [0.2, 0.25) is 0 Å². The molecule has 0 spiro atoms. The zero-order valence-electron chi connectivity index (χ0n) is 17.3. The average Bonchev–Trinajstić information content (AvgIpc) is 2.68. The Bertz CT molecular complexity index is 474. The first-order chi connectivity index (χ1) is 13.2. The average molecular weight is 378 g/mol. The molecule has 0 aromatic heterocycles. The number of ether oxygens (including phenoxy) is 1. The molecule has 0 aromatic carbocycles. The molecule has 5 fully saturated rings. The Morgan fingerprint density at radius 2 is 1.59 bits per heavy atom. The summed E-state index contributed by atoms with van der Waals surface area (Å²) in [6, 6.07) is 0.914. The predicted molar refractivity (Wildman–Crippen MR) is 108 cm³/mol. The lowest BCUT2D eigenvalue weighted by molar-refractivity contribution is -0.0101. The van der Waals surface area contributed by atoms with Crippen LogP contribution in [0.5, 0.6) is 0 Å². The van der Waals surface area contributed by atoms with Gasteiger partial charge in [0.2, 0.25) is 0 Å². The third kappa shape index (κ3) is 4.29. The van der Waals surface area contributed by atoms with Crippen molar-refractivity contribution in [1.29, 1.82) is 0 Å². The Morgan fingerprint density at radius 3 is 2.15 bits per heavy atom. The van der Waals surface area contributed by atoms with Crippen LogP contribution in [0.3, 0.4) is 0 Å². The normalized spacial score (nSPS) is 36.8. The van der Waals surface area contributed by atoms with Crippen LogP contribution in [0.1, 0.15) is 58.8 Å². The fraction of sp³-hybridized carbons (Fsp3) is 0.955. The van der Waals surface area contributed by atoms with E-state index in [2.05, 4.69) is 29.4 Å². The van der Waals surface area contributed by atoms with Gasteiger partial charge in [-0.3, -0.25) is 4.90 Å². The van der Waals surface area contributed by atoms with Gasteiger partial charge in [-0.15, -0.1) is 0 Å². The SMILES string of the molecule is CCC(CC)C(CNC(=O)NC1C2CC3CC(C2)CC1C3)N1CCOCC1. The molecule has 1 saturated heterocycles. The van der Waals surface area contributed by atoms with Gasteiger partial charge in [0.25, 0.3) is 0 Å². The van der Waals surface area contributed by atoms with Gasteiger partial charge in [0.05, 0.1) is 13.2 Å². The first kappa shape index (κ1) is 19.5. The van der Waals surface area contributed by atoms with E-state index in [1.807, 2.05) is 0 Å². The van der Waals surface area contributed by atoms with E-state index in [-0.39, 0.29) is 6.03 Å². The van der Waals surface area contributed by atoms with Crippen LogP contribution in [0.25, 0.3) is 0 Å². The summed E-state index contributed by atoms with van der Waals surface area (Å²) in [6.07, 6.45) is 9.19. The Labute approximate surface area is 165 Å².